The van der Waals surface area contributed by atoms with Crippen LogP contribution in [0.15, 0.2) is 11.8 Å². The highest BCUT2D eigenvalue weighted by atomic mass is 16.6. The van der Waals surface area contributed by atoms with Crippen molar-refractivity contribution in [3.63, 3.8) is 0 Å². The van der Waals surface area contributed by atoms with Crippen LogP contribution in [0.1, 0.15) is 32.6 Å². The third-order valence-corrected chi connectivity index (χ3v) is 2.62. The van der Waals surface area contributed by atoms with Crippen molar-refractivity contribution in [3.05, 3.63) is 21.9 Å². The number of nitro groups is 1. The van der Waals surface area contributed by atoms with Gasteiger partial charge in [-0.25, -0.2) is 0 Å². The van der Waals surface area contributed by atoms with E-state index in [1.165, 1.54) is 6.92 Å². The quantitative estimate of drug-likeness (QED) is 0.500. The van der Waals surface area contributed by atoms with E-state index in [0.717, 1.165) is 25.7 Å². The summed E-state index contributed by atoms with van der Waals surface area (Å²) in [5.41, 5.74) is -0.180. The van der Waals surface area contributed by atoms with Gasteiger partial charge >= 0.3 is 0 Å². The van der Waals surface area contributed by atoms with Crippen molar-refractivity contribution in [2.45, 2.75) is 38.2 Å². The van der Waals surface area contributed by atoms with E-state index < -0.39 is 0 Å². The van der Waals surface area contributed by atoms with Crippen molar-refractivity contribution in [1.29, 1.82) is 0 Å². The fraction of sp³-hybridized carbons (Fsp3) is 0.778. The fourth-order valence-corrected chi connectivity index (χ4v) is 1.81. The number of ether oxygens (including phenoxy) is 1. The number of rotatable bonds is 3. The molecule has 0 saturated heterocycles. The first kappa shape index (κ1) is 10.2. The van der Waals surface area contributed by atoms with E-state index in [2.05, 4.69) is 0 Å². The number of methoxy groups -OCH3 is 1. The molecule has 0 atom stereocenters. The van der Waals surface area contributed by atoms with Crippen molar-refractivity contribution in [2.75, 3.05) is 7.11 Å². The summed E-state index contributed by atoms with van der Waals surface area (Å²) in [4.78, 5) is 10.1. The van der Waals surface area contributed by atoms with E-state index >= 15 is 0 Å². The number of hydrogen-bond acceptors (Lipinski definition) is 3. The minimum absolute atomic E-state index is 0.184. The molecule has 0 amide bonds. The molecule has 13 heavy (non-hydrogen) atoms. The van der Waals surface area contributed by atoms with Crippen LogP contribution in [0.2, 0.25) is 0 Å². The molecule has 1 fully saturated rings. The molecular formula is C9H15NO3. The average Bonchev–Trinajstić information content (AvgIpc) is 2.54. The third kappa shape index (κ3) is 2.28. The average molecular weight is 185 g/mol. The number of hydrogen-bond donors (Lipinski definition) is 0. The summed E-state index contributed by atoms with van der Waals surface area (Å²) in [5, 5.41) is 10.4. The lowest BCUT2D eigenvalue weighted by Crippen LogP contribution is -2.25. The van der Waals surface area contributed by atoms with Crippen molar-refractivity contribution >= 4 is 0 Å². The molecule has 4 nitrogen and oxygen atoms in total. The molecule has 0 aliphatic heterocycles. The third-order valence-electron chi connectivity index (χ3n) is 2.62. The van der Waals surface area contributed by atoms with Crippen molar-refractivity contribution in [2.24, 2.45) is 0 Å². The zero-order valence-corrected chi connectivity index (χ0v) is 8.08. The minimum atomic E-state index is -0.364. The lowest BCUT2D eigenvalue weighted by Gasteiger charge is -2.22. The summed E-state index contributed by atoms with van der Waals surface area (Å²) in [6, 6.07) is 0. The Kier molecular flexibility index (Phi) is 3.03. The summed E-state index contributed by atoms with van der Waals surface area (Å²) >= 11 is 0. The van der Waals surface area contributed by atoms with Gasteiger partial charge in [0.05, 0.1) is 10.5 Å². The van der Waals surface area contributed by atoms with Gasteiger partial charge in [-0.05, 0) is 12.8 Å². The zero-order valence-electron chi connectivity index (χ0n) is 8.08. The van der Waals surface area contributed by atoms with Gasteiger partial charge in [-0.3, -0.25) is 10.1 Å². The molecule has 0 spiro atoms. The predicted molar refractivity (Wildman–Crippen MR) is 49.0 cm³/mol. The number of allylic oxidation sites excluding steroid dienone is 1. The topological polar surface area (TPSA) is 52.4 Å². The van der Waals surface area contributed by atoms with Gasteiger partial charge in [0, 0.05) is 20.1 Å². The van der Waals surface area contributed by atoms with Crippen LogP contribution in [0.25, 0.3) is 0 Å². The predicted octanol–water partition coefficient (Wildman–Crippen LogP) is 2.13. The van der Waals surface area contributed by atoms with Crippen LogP contribution >= 0.6 is 0 Å². The standard InChI is InChI=1S/C9H15NO3/c1-8(10(11)12)7-9(13-2)5-3-4-6-9/h7H,3-6H2,1-2H3/b8-7-. The minimum Gasteiger partial charge on any atom is -0.374 e. The van der Waals surface area contributed by atoms with E-state index in [4.69, 9.17) is 4.74 Å². The van der Waals surface area contributed by atoms with Crippen molar-refractivity contribution < 1.29 is 9.66 Å². The lowest BCUT2D eigenvalue weighted by atomic mass is 10.0. The van der Waals surface area contributed by atoms with Gasteiger partial charge < -0.3 is 4.74 Å². The highest BCUT2D eigenvalue weighted by Gasteiger charge is 2.33. The summed E-state index contributed by atoms with van der Waals surface area (Å²) in [6.07, 6.45) is 5.63. The molecule has 1 rings (SSSR count). The monoisotopic (exact) mass is 185 g/mol. The molecule has 0 bridgehead atoms. The van der Waals surface area contributed by atoms with Crippen LogP contribution < -0.4 is 0 Å². The molecule has 1 saturated carbocycles. The Morgan fingerprint density at radius 1 is 1.54 bits per heavy atom. The van der Waals surface area contributed by atoms with Crippen LogP contribution in [0, 0.1) is 10.1 Å². The van der Waals surface area contributed by atoms with Crippen LogP contribution in [0.5, 0.6) is 0 Å². The first-order valence-corrected chi connectivity index (χ1v) is 4.49. The second-order valence-corrected chi connectivity index (χ2v) is 3.52. The molecule has 0 aromatic rings. The van der Waals surface area contributed by atoms with Gasteiger partial charge in [0.2, 0.25) is 5.70 Å². The Hall–Kier alpha value is -0.900. The van der Waals surface area contributed by atoms with Gasteiger partial charge in [0.1, 0.15) is 0 Å². The molecular weight excluding hydrogens is 170 g/mol. The van der Waals surface area contributed by atoms with Crippen LogP contribution in [0.4, 0.5) is 0 Å². The second-order valence-electron chi connectivity index (χ2n) is 3.52. The van der Waals surface area contributed by atoms with E-state index in [1.54, 1.807) is 13.2 Å². The van der Waals surface area contributed by atoms with E-state index in [1.807, 2.05) is 0 Å². The molecule has 0 radical (unpaired) electrons. The summed E-state index contributed by atoms with van der Waals surface area (Å²) in [7, 11) is 1.62. The Labute approximate surface area is 77.7 Å². The van der Waals surface area contributed by atoms with E-state index in [0.29, 0.717) is 0 Å². The lowest BCUT2D eigenvalue weighted by molar-refractivity contribution is -0.425. The molecule has 4 heteroatoms. The molecule has 0 aromatic heterocycles. The second kappa shape index (κ2) is 3.87. The van der Waals surface area contributed by atoms with Gasteiger partial charge in [-0.1, -0.05) is 12.8 Å². The molecule has 0 aromatic carbocycles. The highest BCUT2D eigenvalue weighted by molar-refractivity contribution is 5.07. The number of nitrogens with zero attached hydrogens (tertiary/aromatic N) is 1. The van der Waals surface area contributed by atoms with Gasteiger partial charge in [0.15, 0.2) is 0 Å². The van der Waals surface area contributed by atoms with Crippen LogP contribution in [-0.2, 0) is 4.74 Å². The fourth-order valence-electron chi connectivity index (χ4n) is 1.81. The summed E-state index contributed by atoms with van der Waals surface area (Å²) in [6.45, 7) is 1.51. The Morgan fingerprint density at radius 2 is 2.08 bits per heavy atom. The van der Waals surface area contributed by atoms with Crippen LogP contribution in [0.3, 0.4) is 0 Å². The SMILES string of the molecule is COC1(/C=C(/C)[N+](=O)[O-])CCCC1. The zero-order chi connectivity index (χ0) is 9.90. The van der Waals surface area contributed by atoms with Gasteiger partial charge in [-0.2, -0.15) is 0 Å². The molecule has 0 unspecified atom stereocenters. The maximum absolute atomic E-state index is 10.4. The van der Waals surface area contributed by atoms with E-state index in [9.17, 15) is 10.1 Å². The largest absolute Gasteiger partial charge is 0.374 e. The maximum atomic E-state index is 10.4. The highest BCUT2D eigenvalue weighted by Crippen LogP contribution is 2.34. The first-order chi connectivity index (χ1) is 6.09. The Bertz CT molecular complexity index is 229. The maximum Gasteiger partial charge on any atom is 0.242 e. The smallest absolute Gasteiger partial charge is 0.242 e. The van der Waals surface area contributed by atoms with Crippen molar-refractivity contribution in [3.8, 4) is 0 Å². The summed E-state index contributed by atoms with van der Waals surface area (Å²) in [5.74, 6) is 0. The normalized spacial score (nSPS) is 21.8. The molecule has 0 N–H and O–H groups in total. The van der Waals surface area contributed by atoms with Crippen molar-refractivity contribution in [1.82, 2.24) is 0 Å². The van der Waals surface area contributed by atoms with E-state index in [-0.39, 0.29) is 16.2 Å². The Morgan fingerprint density at radius 3 is 2.46 bits per heavy atom. The molecule has 74 valence electrons. The Balaban J connectivity index is 2.78. The molecule has 1 aliphatic carbocycles. The molecule has 1 aliphatic rings. The summed E-state index contributed by atoms with van der Waals surface area (Å²) < 4.78 is 5.34. The first-order valence-electron chi connectivity index (χ1n) is 4.49. The van der Waals surface area contributed by atoms with Crippen LogP contribution in [-0.4, -0.2) is 17.6 Å². The van der Waals surface area contributed by atoms with Gasteiger partial charge in [-0.15, -0.1) is 0 Å². The molecule has 0 heterocycles. The van der Waals surface area contributed by atoms with Gasteiger partial charge in [0.25, 0.3) is 0 Å².